The van der Waals surface area contributed by atoms with Gasteiger partial charge in [0.05, 0.1) is 6.33 Å². The van der Waals surface area contributed by atoms with Crippen LogP contribution in [0.25, 0.3) is 0 Å². The molecule has 0 spiro atoms. The van der Waals surface area contributed by atoms with E-state index in [4.69, 9.17) is 0 Å². The Kier molecular flexibility index (Phi) is 8.75. The minimum Gasteiger partial charge on any atom is -0.340 e. The fourth-order valence-electron chi connectivity index (χ4n) is 5.01. The second-order valence-corrected chi connectivity index (χ2v) is 14.2. The number of aromatic nitrogens is 2. The Labute approximate surface area is 217 Å². The number of hydrogen-bond acceptors (Lipinski definition) is 1. The maximum atomic E-state index is 4.24. The van der Waals surface area contributed by atoms with Gasteiger partial charge in [0.15, 0.2) is 0 Å². The smallest absolute Gasteiger partial charge is 0.206 e. The maximum Gasteiger partial charge on any atom is 0.206 e. The van der Waals surface area contributed by atoms with Crippen molar-refractivity contribution in [3.8, 4) is 0 Å². The zero-order valence-corrected chi connectivity index (χ0v) is 22.5. The van der Waals surface area contributed by atoms with Crippen molar-refractivity contribution in [2.24, 2.45) is 0 Å². The molecule has 0 aliphatic heterocycles. The molecule has 180 valence electrons. The van der Waals surface area contributed by atoms with E-state index in [-0.39, 0.29) is 0 Å². The molecule has 5 aromatic rings. The fourth-order valence-corrected chi connectivity index (χ4v) is 9.75. The summed E-state index contributed by atoms with van der Waals surface area (Å²) < 4.78 is 2.24. The minimum absolute atomic E-state index is 0.484. The highest BCUT2D eigenvalue weighted by Gasteiger charge is 2.40. The van der Waals surface area contributed by atoms with Crippen LogP contribution < -0.4 is 21.3 Å². The summed E-state index contributed by atoms with van der Waals surface area (Å²) in [7, 11) is -1.91. The van der Waals surface area contributed by atoms with Gasteiger partial charge in [0, 0.05) is 18.6 Å². The van der Waals surface area contributed by atoms with Gasteiger partial charge in [-0.25, -0.2) is 4.98 Å². The lowest BCUT2D eigenvalue weighted by atomic mass is 9.43. The van der Waals surface area contributed by atoms with Gasteiger partial charge in [-0.3, -0.25) is 0 Å². The molecule has 0 unspecified atom stereocenters. The number of rotatable bonds is 7. The second-order valence-electron chi connectivity index (χ2n) is 9.64. The summed E-state index contributed by atoms with van der Waals surface area (Å²) in [6.45, 7) is 7.45. The van der Waals surface area contributed by atoms with Crippen molar-refractivity contribution in [1.82, 2.24) is 9.55 Å². The standard InChI is InChI=1S/C19H22N2Si.C13H13B/c1-17(2)22(16-21-14-13-20-15-21,18-9-5-3-6-10-18)19-11-7-4-8-12-19;1-14(12-8-4-2-5-9-12)13-10-6-3-7-11-13/h3-15,17H,16H2,1-2H3;2-11H,1H3. The van der Waals surface area contributed by atoms with Gasteiger partial charge in [-0.15, -0.1) is 0 Å². The molecule has 0 fully saturated rings. The number of imidazole rings is 1. The van der Waals surface area contributed by atoms with Gasteiger partial charge >= 0.3 is 0 Å². The zero-order valence-electron chi connectivity index (χ0n) is 21.5. The Bertz CT molecular complexity index is 1200. The predicted molar refractivity (Wildman–Crippen MR) is 159 cm³/mol. The average Bonchev–Trinajstić information content (AvgIpc) is 3.47. The molecule has 0 saturated carbocycles. The van der Waals surface area contributed by atoms with Crippen molar-refractivity contribution >= 4 is 36.1 Å². The van der Waals surface area contributed by atoms with E-state index in [9.17, 15) is 0 Å². The predicted octanol–water partition coefficient (Wildman–Crippen LogP) is 5.02. The fraction of sp³-hybridized carbons (Fsp3) is 0.156. The number of nitrogens with zero attached hydrogens (tertiary/aromatic N) is 2. The van der Waals surface area contributed by atoms with Crippen LogP contribution in [0.4, 0.5) is 0 Å². The van der Waals surface area contributed by atoms with Crippen LogP contribution in [0.2, 0.25) is 12.4 Å². The molecular formula is C32H35BN2Si. The van der Waals surface area contributed by atoms with Crippen molar-refractivity contribution in [2.75, 3.05) is 0 Å². The summed E-state index contributed by atoms with van der Waals surface area (Å²) in [6, 6.07) is 43.3. The molecule has 36 heavy (non-hydrogen) atoms. The van der Waals surface area contributed by atoms with Gasteiger partial charge in [-0.2, -0.15) is 0 Å². The van der Waals surface area contributed by atoms with E-state index in [1.165, 1.54) is 21.3 Å². The summed E-state index contributed by atoms with van der Waals surface area (Å²) in [5.41, 5.74) is 3.34. The molecule has 5 rings (SSSR count). The van der Waals surface area contributed by atoms with Gasteiger partial charge in [0.1, 0.15) is 8.07 Å². The first-order valence-electron chi connectivity index (χ1n) is 12.8. The van der Waals surface area contributed by atoms with Crippen molar-refractivity contribution in [2.45, 2.75) is 32.4 Å². The van der Waals surface area contributed by atoms with Crippen LogP contribution in [-0.2, 0) is 6.17 Å². The van der Waals surface area contributed by atoms with Crippen molar-refractivity contribution in [1.29, 1.82) is 0 Å². The third kappa shape index (κ3) is 5.95. The SMILES string of the molecule is CB(c1ccccc1)c1ccccc1.CC(C)[Si](Cn1ccnc1)(c1ccccc1)c1ccccc1. The third-order valence-corrected chi connectivity index (χ3v) is 12.7. The molecule has 0 aliphatic rings. The molecule has 0 atom stereocenters. The zero-order chi connectivity index (χ0) is 25.2. The summed E-state index contributed by atoms with van der Waals surface area (Å²) in [4.78, 5) is 4.24. The summed E-state index contributed by atoms with van der Waals surface area (Å²) in [6.07, 6.45) is 6.92. The van der Waals surface area contributed by atoms with Crippen LogP contribution in [-0.4, -0.2) is 24.3 Å². The van der Waals surface area contributed by atoms with Crippen LogP contribution in [0, 0.1) is 0 Å². The lowest BCUT2D eigenvalue weighted by Crippen LogP contribution is -2.63. The molecule has 0 amide bonds. The molecular weight excluding hydrogens is 451 g/mol. The van der Waals surface area contributed by atoms with Crippen LogP contribution in [0.5, 0.6) is 0 Å². The first-order chi connectivity index (χ1) is 17.6. The van der Waals surface area contributed by atoms with Gasteiger partial charge in [-0.1, -0.05) is 163 Å². The van der Waals surface area contributed by atoms with Gasteiger partial charge in [-0.05, 0) is 5.54 Å². The molecule has 0 radical (unpaired) electrons. The topological polar surface area (TPSA) is 17.8 Å². The molecule has 0 saturated heterocycles. The normalized spacial score (nSPS) is 11.0. The largest absolute Gasteiger partial charge is 0.340 e. The van der Waals surface area contributed by atoms with E-state index in [1.54, 1.807) is 0 Å². The summed E-state index contributed by atoms with van der Waals surface area (Å²) in [5.74, 6) is 0. The lowest BCUT2D eigenvalue weighted by molar-refractivity contribution is 0.829. The number of hydrogen-bond donors (Lipinski definition) is 0. The summed E-state index contributed by atoms with van der Waals surface area (Å²) >= 11 is 0. The van der Waals surface area contributed by atoms with Gasteiger partial charge < -0.3 is 4.57 Å². The Morgan fingerprint density at radius 1 is 0.667 bits per heavy atom. The van der Waals surface area contributed by atoms with Crippen molar-refractivity contribution in [3.63, 3.8) is 0 Å². The quantitative estimate of drug-likeness (QED) is 0.296. The van der Waals surface area contributed by atoms with E-state index in [2.05, 4.69) is 158 Å². The minimum atomic E-state index is -1.91. The Balaban J connectivity index is 0.000000187. The molecule has 4 aromatic carbocycles. The van der Waals surface area contributed by atoms with Crippen molar-refractivity contribution in [3.05, 3.63) is 140 Å². The van der Waals surface area contributed by atoms with E-state index < -0.39 is 8.07 Å². The highest BCUT2D eigenvalue weighted by atomic mass is 28.3. The third-order valence-electron chi connectivity index (χ3n) is 7.15. The lowest BCUT2D eigenvalue weighted by Gasteiger charge is -2.37. The monoisotopic (exact) mass is 486 g/mol. The average molecular weight is 487 g/mol. The molecule has 0 bridgehead atoms. The molecule has 0 aliphatic carbocycles. The Hall–Kier alpha value is -3.63. The summed E-state index contributed by atoms with van der Waals surface area (Å²) in [5, 5.41) is 2.98. The number of benzene rings is 4. The Morgan fingerprint density at radius 2 is 1.08 bits per heavy atom. The van der Waals surface area contributed by atoms with Crippen LogP contribution in [0.15, 0.2) is 140 Å². The first-order valence-corrected chi connectivity index (χ1v) is 15.1. The van der Waals surface area contributed by atoms with Gasteiger partial charge in [0.25, 0.3) is 0 Å². The highest BCUT2D eigenvalue weighted by Crippen LogP contribution is 2.23. The molecule has 1 heterocycles. The van der Waals surface area contributed by atoms with Crippen molar-refractivity contribution < 1.29 is 0 Å². The maximum absolute atomic E-state index is 4.24. The molecule has 1 aromatic heterocycles. The highest BCUT2D eigenvalue weighted by molar-refractivity contribution is 7.02. The van der Waals surface area contributed by atoms with Crippen LogP contribution in [0.3, 0.4) is 0 Å². The first kappa shape index (κ1) is 25.5. The van der Waals surface area contributed by atoms with E-state index in [1.807, 2.05) is 12.5 Å². The van der Waals surface area contributed by atoms with Crippen LogP contribution >= 0.6 is 0 Å². The molecule has 2 nitrogen and oxygen atoms in total. The van der Waals surface area contributed by atoms with E-state index >= 15 is 0 Å². The second kappa shape index (κ2) is 12.4. The van der Waals surface area contributed by atoms with Crippen LogP contribution in [0.1, 0.15) is 13.8 Å². The molecule has 0 N–H and O–H groups in total. The Morgan fingerprint density at radius 3 is 1.44 bits per heavy atom. The van der Waals surface area contributed by atoms with E-state index in [0.29, 0.717) is 12.3 Å². The molecule has 4 heteroatoms. The van der Waals surface area contributed by atoms with Gasteiger partial charge in [0.2, 0.25) is 6.71 Å². The van der Waals surface area contributed by atoms with E-state index in [0.717, 1.165) is 6.17 Å².